The Bertz CT molecular complexity index is 310. The van der Waals surface area contributed by atoms with Gasteiger partial charge in [-0.25, -0.2) is 4.39 Å². The van der Waals surface area contributed by atoms with E-state index in [9.17, 15) is 4.39 Å². The van der Waals surface area contributed by atoms with Crippen molar-refractivity contribution in [3.8, 4) is 0 Å². The Morgan fingerprint density at radius 3 is 2.92 bits per heavy atom. The molecule has 1 rings (SSSR count). The van der Waals surface area contributed by atoms with Crippen LogP contribution < -0.4 is 5.73 Å². The normalized spacial score (nSPS) is 11.0. The standard InChI is InChI=1S/C10H11BrFN/c11-10-5-4-9(12)7-8(10)3-1-2-6-13/h1,3-5,7H,2,6,13H2. The largest absolute Gasteiger partial charge is 0.330 e. The molecular formula is C10H11BrFN. The summed E-state index contributed by atoms with van der Waals surface area (Å²) in [6.45, 7) is 0.615. The molecule has 1 aromatic rings. The van der Waals surface area contributed by atoms with Crippen LogP contribution in [0.15, 0.2) is 28.7 Å². The van der Waals surface area contributed by atoms with E-state index in [0.717, 1.165) is 16.5 Å². The van der Waals surface area contributed by atoms with E-state index < -0.39 is 0 Å². The molecule has 1 aromatic carbocycles. The van der Waals surface area contributed by atoms with Gasteiger partial charge in [0.1, 0.15) is 5.82 Å². The minimum absolute atomic E-state index is 0.226. The first-order chi connectivity index (χ1) is 6.24. The molecule has 2 N–H and O–H groups in total. The van der Waals surface area contributed by atoms with Gasteiger partial charge in [-0.3, -0.25) is 0 Å². The molecule has 0 saturated carbocycles. The average molecular weight is 244 g/mol. The lowest BCUT2D eigenvalue weighted by molar-refractivity contribution is 0.627. The Balaban J connectivity index is 2.81. The van der Waals surface area contributed by atoms with E-state index in [0.29, 0.717) is 6.54 Å². The molecule has 0 unspecified atom stereocenters. The summed E-state index contributed by atoms with van der Waals surface area (Å²) in [5.74, 6) is -0.226. The van der Waals surface area contributed by atoms with Crippen LogP contribution >= 0.6 is 15.9 Å². The highest BCUT2D eigenvalue weighted by atomic mass is 79.9. The number of hydrogen-bond donors (Lipinski definition) is 1. The second-order valence-electron chi connectivity index (χ2n) is 2.65. The second-order valence-corrected chi connectivity index (χ2v) is 3.50. The van der Waals surface area contributed by atoms with E-state index in [-0.39, 0.29) is 5.82 Å². The maximum atomic E-state index is 12.8. The van der Waals surface area contributed by atoms with Gasteiger partial charge in [-0.1, -0.05) is 28.1 Å². The molecule has 0 bridgehead atoms. The van der Waals surface area contributed by atoms with Crippen LogP contribution in [-0.2, 0) is 0 Å². The van der Waals surface area contributed by atoms with Crippen molar-refractivity contribution in [2.45, 2.75) is 6.42 Å². The summed E-state index contributed by atoms with van der Waals surface area (Å²) in [6, 6.07) is 4.60. The molecule has 0 aliphatic rings. The summed E-state index contributed by atoms with van der Waals surface area (Å²) < 4.78 is 13.7. The zero-order valence-electron chi connectivity index (χ0n) is 7.13. The molecule has 70 valence electrons. The van der Waals surface area contributed by atoms with Crippen molar-refractivity contribution >= 4 is 22.0 Å². The molecule has 3 heteroatoms. The van der Waals surface area contributed by atoms with E-state index in [4.69, 9.17) is 5.73 Å². The summed E-state index contributed by atoms with van der Waals surface area (Å²) in [7, 11) is 0. The van der Waals surface area contributed by atoms with Gasteiger partial charge in [0.05, 0.1) is 0 Å². The van der Waals surface area contributed by atoms with E-state index in [1.807, 2.05) is 12.2 Å². The molecule has 0 fully saturated rings. The monoisotopic (exact) mass is 243 g/mol. The van der Waals surface area contributed by atoms with Crippen molar-refractivity contribution in [2.75, 3.05) is 6.54 Å². The van der Waals surface area contributed by atoms with Crippen LogP contribution in [0.2, 0.25) is 0 Å². The van der Waals surface area contributed by atoms with Gasteiger partial charge in [0, 0.05) is 4.47 Å². The molecule has 0 radical (unpaired) electrons. The van der Waals surface area contributed by atoms with Crippen LogP contribution in [0.1, 0.15) is 12.0 Å². The lowest BCUT2D eigenvalue weighted by atomic mass is 10.2. The lowest BCUT2D eigenvalue weighted by Crippen LogP contribution is -1.95. The van der Waals surface area contributed by atoms with Gasteiger partial charge >= 0.3 is 0 Å². The molecule has 0 aliphatic heterocycles. The Morgan fingerprint density at radius 1 is 1.46 bits per heavy atom. The van der Waals surface area contributed by atoms with Crippen LogP contribution in [0.5, 0.6) is 0 Å². The number of halogens is 2. The third kappa shape index (κ3) is 3.28. The van der Waals surface area contributed by atoms with Gasteiger partial charge in [0.2, 0.25) is 0 Å². The fraction of sp³-hybridized carbons (Fsp3) is 0.200. The number of hydrogen-bond acceptors (Lipinski definition) is 1. The highest BCUT2D eigenvalue weighted by Gasteiger charge is 1.96. The van der Waals surface area contributed by atoms with Gasteiger partial charge < -0.3 is 5.73 Å². The maximum Gasteiger partial charge on any atom is 0.123 e. The van der Waals surface area contributed by atoms with Crippen molar-refractivity contribution in [1.82, 2.24) is 0 Å². The third-order valence-electron chi connectivity index (χ3n) is 1.59. The first-order valence-electron chi connectivity index (χ1n) is 4.05. The van der Waals surface area contributed by atoms with Crippen molar-refractivity contribution < 1.29 is 4.39 Å². The molecule has 0 aliphatic carbocycles. The summed E-state index contributed by atoms with van der Waals surface area (Å²) >= 11 is 3.33. The number of nitrogens with two attached hydrogens (primary N) is 1. The Morgan fingerprint density at radius 2 is 2.23 bits per heavy atom. The second kappa shape index (κ2) is 5.14. The third-order valence-corrected chi connectivity index (χ3v) is 2.31. The zero-order valence-corrected chi connectivity index (χ0v) is 8.72. The highest BCUT2D eigenvalue weighted by Crippen LogP contribution is 2.19. The van der Waals surface area contributed by atoms with Crippen molar-refractivity contribution in [3.05, 3.63) is 40.1 Å². The minimum Gasteiger partial charge on any atom is -0.330 e. The molecule has 13 heavy (non-hydrogen) atoms. The number of rotatable bonds is 3. The Labute approximate surface area is 85.6 Å². The van der Waals surface area contributed by atoms with Gasteiger partial charge in [-0.2, -0.15) is 0 Å². The predicted molar refractivity (Wildman–Crippen MR) is 56.8 cm³/mol. The van der Waals surface area contributed by atoms with Crippen LogP contribution in [0.3, 0.4) is 0 Å². The molecule has 0 saturated heterocycles. The van der Waals surface area contributed by atoms with Crippen LogP contribution in [-0.4, -0.2) is 6.54 Å². The Kier molecular flexibility index (Phi) is 4.12. The van der Waals surface area contributed by atoms with Gasteiger partial charge in [0.15, 0.2) is 0 Å². The maximum absolute atomic E-state index is 12.8. The predicted octanol–water partition coefficient (Wildman–Crippen LogP) is 2.95. The topological polar surface area (TPSA) is 26.0 Å². The highest BCUT2D eigenvalue weighted by molar-refractivity contribution is 9.10. The molecule has 0 aromatic heterocycles. The lowest BCUT2D eigenvalue weighted by Gasteiger charge is -1.97. The van der Waals surface area contributed by atoms with E-state index >= 15 is 0 Å². The summed E-state index contributed by atoms with van der Waals surface area (Å²) in [6.07, 6.45) is 4.60. The van der Waals surface area contributed by atoms with E-state index in [2.05, 4.69) is 15.9 Å². The van der Waals surface area contributed by atoms with Crippen LogP contribution in [0, 0.1) is 5.82 Å². The smallest absolute Gasteiger partial charge is 0.123 e. The molecule has 0 heterocycles. The molecule has 0 atom stereocenters. The first-order valence-corrected chi connectivity index (χ1v) is 4.85. The first kappa shape index (κ1) is 10.4. The quantitative estimate of drug-likeness (QED) is 0.869. The van der Waals surface area contributed by atoms with Crippen LogP contribution in [0.25, 0.3) is 6.08 Å². The average Bonchev–Trinajstić information content (AvgIpc) is 2.11. The van der Waals surface area contributed by atoms with E-state index in [1.54, 1.807) is 6.07 Å². The summed E-state index contributed by atoms with van der Waals surface area (Å²) in [5, 5.41) is 0. The van der Waals surface area contributed by atoms with Gasteiger partial charge in [-0.15, -0.1) is 0 Å². The fourth-order valence-electron chi connectivity index (χ4n) is 0.949. The van der Waals surface area contributed by atoms with Gasteiger partial charge in [0.25, 0.3) is 0 Å². The minimum atomic E-state index is -0.226. The van der Waals surface area contributed by atoms with Crippen molar-refractivity contribution in [1.29, 1.82) is 0 Å². The molecule has 0 amide bonds. The van der Waals surface area contributed by atoms with Crippen molar-refractivity contribution in [3.63, 3.8) is 0 Å². The Hall–Kier alpha value is -0.670. The molecular weight excluding hydrogens is 233 g/mol. The van der Waals surface area contributed by atoms with Gasteiger partial charge in [-0.05, 0) is 36.7 Å². The fourth-order valence-corrected chi connectivity index (χ4v) is 1.33. The molecule has 0 spiro atoms. The summed E-state index contributed by atoms with van der Waals surface area (Å²) in [4.78, 5) is 0. The van der Waals surface area contributed by atoms with Crippen LogP contribution in [0.4, 0.5) is 4.39 Å². The molecule has 1 nitrogen and oxygen atoms in total. The zero-order chi connectivity index (χ0) is 9.68. The summed E-state index contributed by atoms with van der Waals surface area (Å²) in [5.41, 5.74) is 6.16. The SMILES string of the molecule is NCCC=Cc1cc(F)ccc1Br. The number of benzene rings is 1. The van der Waals surface area contributed by atoms with E-state index in [1.165, 1.54) is 12.1 Å². The van der Waals surface area contributed by atoms with Crippen molar-refractivity contribution in [2.24, 2.45) is 5.73 Å².